The number of amides is 1. The Morgan fingerprint density at radius 3 is 2.54 bits per heavy atom. The Morgan fingerprint density at radius 2 is 2.00 bits per heavy atom. The van der Waals surface area contributed by atoms with E-state index in [0.29, 0.717) is 0 Å². The molecule has 1 aliphatic rings. The van der Waals surface area contributed by atoms with Gasteiger partial charge in [0.25, 0.3) is 5.24 Å². The molecule has 0 aliphatic carbocycles. The van der Waals surface area contributed by atoms with E-state index in [4.69, 9.17) is 0 Å². The summed E-state index contributed by atoms with van der Waals surface area (Å²) >= 11 is 4.74. The van der Waals surface area contributed by atoms with Gasteiger partial charge in [0.2, 0.25) is 0 Å². The first-order valence-corrected chi connectivity index (χ1v) is 5.75. The topological polar surface area (TPSA) is 20.3 Å². The molecule has 2 rings (SSSR count). The molecule has 1 amide bonds. The first kappa shape index (κ1) is 9.09. The number of hydrogen-bond acceptors (Lipinski definition) is 2. The third-order valence-corrected chi connectivity index (χ3v) is 3.28. The third kappa shape index (κ3) is 1.89. The number of halogens is 1. The molecule has 0 bridgehead atoms. The molecular weight excluding hydrogens is 250 g/mol. The second-order valence-corrected chi connectivity index (χ2v) is 4.70. The quantitative estimate of drug-likeness (QED) is 0.771. The van der Waals surface area contributed by atoms with Crippen molar-refractivity contribution >= 4 is 38.6 Å². The van der Waals surface area contributed by atoms with Crippen LogP contribution in [0.1, 0.15) is 0 Å². The predicted molar refractivity (Wildman–Crippen MR) is 59.3 cm³/mol. The fraction of sp³-hybridized carbons (Fsp3) is 0.222. The highest BCUT2D eigenvalue weighted by Crippen LogP contribution is 2.26. The number of nitrogens with zero attached hydrogens (tertiary/aromatic N) is 1. The van der Waals surface area contributed by atoms with E-state index in [9.17, 15) is 4.79 Å². The Morgan fingerprint density at radius 1 is 1.31 bits per heavy atom. The second-order valence-electron chi connectivity index (χ2n) is 2.74. The van der Waals surface area contributed by atoms with Crippen molar-refractivity contribution in [2.24, 2.45) is 0 Å². The van der Waals surface area contributed by atoms with Gasteiger partial charge in [-0.2, -0.15) is 0 Å². The Balaban J connectivity index is 2.25. The monoisotopic (exact) mass is 257 g/mol. The van der Waals surface area contributed by atoms with Gasteiger partial charge in [0.15, 0.2) is 0 Å². The van der Waals surface area contributed by atoms with E-state index < -0.39 is 0 Å². The fourth-order valence-corrected chi connectivity index (χ4v) is 2.31. The Hall–Kier alpha value is -0.480. The molecule has 0 spiro atoms. The van der Waals surface area contributed by atoms with Crippen LogP contribution in [0.25, 0.3) is 0 Å². The molecule has 4 heteroatoms. The summed E-state index contributed by atoms with van der Waals surface area (Å²) in [4.78, 5) is 13.1. The van der Waals surface area contributed by atoms with Gasteiger partial charge in [0.1, 0.15) is 0 Å². The van der Waals surface area contributed by atoms with Gasteiger partial charge in [-0.3, -0.25) is 4.79 Å². The van der Waals surface area contributed by atoms with E-state index in [1.807, 2.05) is 24.3 Å². The predicted octanol–water partition coefficient (Wildman–Crippen LogP) is 3.12. The van der Waals surface area contributed by atoms with Crippen LogP contribution in [0.5, 0.6) is 0 Å². The maximum atomic E-state index is 11.3. The summed E-state index contributed by atoms with van der Waals surface area (Å²) in [6, 6.07) is 7.80. The molecule has 0 aromatic heterocycles. The number of carbonyl (C=O) groups excluding carboxylic acids is 1. The van der Waals surface area contributed by atoms with Crippen LogP contribution >= 0.6 is 27.7 Å². The lowest BCUT2D eigenvalue weighted by molar-refractivity contribution is 0.266. The number of carbonyl (C=O) groups is 1. The molecule has 0 atom stereocenters. The maximum Gasteiger partial charge on any atom is 0.286 e. The SMILES string of the molecule is O=C1SCCN1c1ccc(Br)cc1. The molecule has 13 heavy (non-hydrogen) atoms. The van der Waals surface area contributed by atoms with Crippen LogP contribution in [0, 0.1) is 0 Å². The minimum atomic E-state index is 0.155. The van der Waals surface area contributed by atoms with Crippen LogP contribution in [-0.4, -0.2) is 17.5 Å². The van der Waals surface area contributed by atoms with Crippen molar-refractivity contribution in [1.82, 2.24) is 0 Å². The number of anilines is 1. The highest BCUT2D eigenvalue weighted by atomic mass is 79.9. The van der Waals surface area contributed by atoms with Crippen molar-refractivity contribution in [1.29, 1.82) is 0 Å². The molecule has 68 valence electrons. The molecule has 1 aliphatic heterocycles. The average molecular weight is 258 g/mol. The molecule has 1 fully saturated rings. The number of rotatable bonds is 1. The van der Waals surface area contributed by atoms with Gasteiger partial charge in [0, 0.05) is 22.5 Å². The standard InChI is InChI=1S/C9H8BrNOS/c10-7-1-3-8(4-2-7)11-5-6-13-9(11)12/h1-4H,5-6H2. The zero-order chi connectivity index (χ0) is 9.26. The van der Waals surface area contributed by atoms with Crippen LogP contribution < -0.4 is 4.90 Å². The lowest BCUT2D eigenvalue weighted by atomic mass is 10.3. The highest BCUT2D eigenvalue weighted by Gasteiger charge is 2.22. The van der Waals surface area contributed by atoms with E-state index in [-0.39, 0.29) is 5.24 Å². The number of thioether (sulfide) groups is 1. The molecular formula is C9H8BrNOS. The highest BCUT2D eigenvalue weighted by molar-refractivity contribution is 9.10. The Kier molecular flexibility index (Phi) is 2.60. The third-order valence-electron chi connectivity index (χ3n) is 1.90. The van der Waals surface area contributed by atoms with Gasteiger partial charge < -0.3 is 4.90 Å². The van der Waals surface area contributed by atoms with Gasteiger partial charge >= 0.3 is 0 Å². The Labute approximate surface area is 89.4 Å². The van der Waals surface area contributed by atoms with Gasteiger partial charge in [-0.1, -0.05) is 27.7 Å². The first-order chi connectivity index (χ1) is 6.27. The molecule has 0 radical (unpaired) electrons. The van der Waals surface area contributed by atoms with Gasteiger partial charge in [-0.25, -0.2) is 0 Å². The van der Waals surface area contributed by atoms with Crippen LogP contribution in [0.15, 0.2) is 28.7 Å². The van der Waals surface area contributed by atoms with Crippen molar-refractivity contribution in [2.45, 2.75) is 0 Å². The molecule has 2 nitrogen and oxygen atoms in total. The van der Waals surface area contributed by atoms with Crippen LogP contribution in [0.2, 0.25) is 0 Å². The summed E-state index contributed by atoms with van der Waals surface area (Å²) in [7, 11) is 0. The van der Waals surface area contributed by atoms with E-state index in [2.05, 4.69) is 15.9 Å². The first-order valence-electron chi connectivity index (χ1n) is 3.97. The van der Waals surface area contributed by atoms with Crippen molar-refractivity contribution in [3.63, 3.8) is 0 Å². The van der Waals surface area contributed by atoms with Gasteiger partial charge in [-0.05, 0) is 24.3 Å². The van der Waals surface area contributed by atoms with Crippen molar-refractivity contribution in [3.05, 3.63) is 28.7 Å². The zero-order valence-corrected chi connectivity index (χ0v) is 9.27. The summed E-state index contributed by atoms with van der Waals surface area (Å²) in [6.45, 7) is 0.825. The largest absolute Gasteiger partial charge is 0.302 e. The fourth-order valence-electron chi connectivity index (χ4n) is 1.25. The molecule has 1 heterocycles. The summed E-state index contributed by atoms with van der Waals surface area (Å²) in [5, 5.41) is 0.155. The number of benzene rings is 1. The molecule has 1 aromatic carbocycles. The molecule has 0 saturated carbocycles. The molecule has 0 unspecified atom stereocenters. The smallest absolute Gasteiger partial charge is 0.286 e. The number of hydrogen-bond donors (Lipinski definition) is 0. The van der Waals surface area contributed by atoms with E-state index in [1.165, 1.54) is 11.8 Å². The van der Waals surface area contributed by atoms with Crippen molar-refractivity contribution < 1.29 is 4.79 Å². The van der Waals surface area contributed by atoms with Gasteiger partial charge in [-0.15, -0.1) is 0 Å². The summed E-state index contributed by atoms with van der Waals surface area (Å²) in [6.07, 6.45) is 0. The molecule has 1 saturated heterocycles. The summed E-state index contributed by atoms with van der Waals surface area (Å²) in [5.41, 5.74) is 0.984. The van der Waals surface area contributed by atoms with E-state index in [1.54, 1.807) is 4.90 Å². The van der Waals surface area contributed by atoms with Crippen LogP contribution in [-0.2, 0) is 0 Å². The molecule has 1 aromatic rings. The minimum Gasteiger partial charge on any atom is -0.302 e. The van der Waals surface area contributed by atoms with Crippen LogP contribution in [0.4, 0.5) is 10.5 Å². The lowest BCUT2D eigenvalue weighted by Gasteiger charge is -2.13. The van der Waals surface area contributed by atoms with Crippen molar-refractivity contribution in [2.75, 3.05) is 17.2 Å². The lowest BCUT2D eigenvalue weighted by Crippen LogP contribution is -2.21. The summed E-state index contributed by atoms with van der Waals surface area (Å²) in [5.74, 6) is 0.898. The molecule has 0 N–H and O–H groups in total. The second kappa shape index (κ2) is 3.72. The van der Waals surface area contributed by atoms with Crippen molar-refractivity contribution in [3.8, 4) is 0 Å². The maximum absolute atomic E-state index is 11.3. The normalized spacial score (nSPS) is 16.7. The van der Waals surface area contributed by atoms with E-state index in [0.717, 1.165) is 22.5 Å². The average Bonchev–Trinajstić information content (AvgIpc) is 2.53. The zero-order valence-electron chi connectivity index (χ0n) is 6.87. The van der Waals surface area contributed by atoms with Gasteiger partial charge in [0.05, 0.1) is 0 Å². The Bertz CT molecular complexity index is 325. The minimum absolute atomic E-state index is 0.155. The van der Waals surface area contributed by atoms with E-state index >= 15 is 0 Å². The van der Waals surface area contributed by atoms with Crippen LogP contribution in [0.3, 0.4) is 0 Å². The summed E-state index contributed by atoms with van der Waals surface area (Å²) < 4.78 is 1.04.